The van der Waals surface area contributed by atoms with Crippen molar-refractivity contribution in [2.24, 2.45) is 0 Å². The van der Waals surface area contributed by atoms with Crippen molar-refractivity contribution in [3.63, 3.8) is 0 Å². The summed E-state index contributed by atoms with van der Waals surface area (Å²) in [6.45, 7) is 0. The van der Waals surface area contributed by atoms with Crippen LogP contribution in [-0.4, -0.2) is 33.8 Å². The molecule has 130 valence electrons. The highest BCUT2D eigenvalue weighted by molar-refractivity contribution is 5.68. The minimum atomic E-state index is -0.411. The van der Waals surface area contributed by atoms with Crippen LogP contribution in [0.25, 0.3) is 28.4 Å². The van der Waals surface area contributed by atoms with Crippen LogP contribution in [0.15, 0.2) is 54.7 Å². The highest BCUT2D eigenvalue weighted by Gasteiger charge is 2.16. The van der Waals surface area contributed by atoms with Crippen LogP contribution in [0.3, 0.4) is 0 Å². The Labute approximate surface area is 148 Å². The molecule has 26 heavy (non-hydrogen) atoms. The fraction of sp³-hybridized carbons (Fsp3) is 0.105. The van der Waals surface area contributed by atoms with Crippen molar-refractivity contribution in [1.29, 1.82) is 0 Å². The van der Waals surface area contributed by atoms with Gasteiger partial charge in [-0.3, -0.25) is 0 Å². The molecule has 6 nitrogen and oxygen atoms in total. The molecule has 2 aromatic carbocycles. The molecule has 2 heterocycles. The highest BCUT2D eigenvalue weighted by Crippen LogP contribution is 2.29. The van der Waals surface area contributed by atoms with E-state index in [0.29, 0.717) is 34.4 Å². The van der Waals surface area contributed by atoms with Gasteiger partial charge in [-0.15, -0.1) is 5.10 Å². The Morgan fingerprint density at radius 2 is 1.81 bits per heavy atom. The van der Waals surface area contributed by atoms with Gasteiger partial charge in [0.2, 0.25) is 0 Å². The Hall–Kier alpha value is -3.48. The summed E-state index contributed by atoms with van der Waals surface area (Å²) in [5.74, 6) is 1.52. The Morgan fingerprint density at radius 3 is 2.58 bits per heavy atom. The fourth-order valence-corrected chi connectivity index (χ4v) is 2.77. The van der Waals surface area contributed by atoms with Crippen LogP contribution < -0.4 is 9.47 Å². The van der Waals surface area contributed by atoms with Crippen molar-refractivity contribution in [3.05, 3.63) is 60.5 Å². The molecule has 0 aliphatic carbocycles. The number of ether oxygens (including phenoxy) is 2. The lowest BCUT2D eigenvalue weighted by Crippen LogP contribution is -1.98. The first kappa shape index (κ1) is 16.0. The Balaban J connectivity index is 1.89. The lowest BCUT2D eigenvalue weighted by Gasteiger charge is -2.07. The van der Waals surface area contributed by atoms with Crippen LogP contribution in [0.2, 0.25) is 0 Å². The quantitative estimate of drug-likeness (QED) is 0.563. The molecule has 0 aliphatic heterocycles. The molecule has 0 saturated heterocycles. The Morgan fingerprint density at radius 1 is 0.962 bits per heavy atom. The number of hydrogen-bond donors (Lipinski definition) is 0. The largest absolute Gasteiger partial charge is 0.497 e. The van der Waals surface area contributed by atoms with E-state index in [1.54, 1.807) is 31.5 Å². The van der Waals surface area contributed by atoms with Crippen molar-refractivity contribution < 1.29 is 13.9 Å². The second kappa shape index (κ2) is 6.44. The molecule has 0 N–H and O–H groups in total. The topological polar surface area (TPSA) is 61.5 Å². The number of halogens is 1. The molecule has 0 atom stereocenters. The van der Waals surface area contributed by atoms with E-state index in [1.165, 1.54) is 17.7 Å². The minimum Gasteiger partial charge on any atom is -0.497 e. The number of para-hydroxylation sites is 1. The highest BCUT2D eigenvalue weighted by atomic mass is 19.1. The molecule has 7 heteroatoms. The van der Waals surface area contributed by atoms with Crippen LogP contribution in [0.1, 0.15) is 0 Å². The van der Waals surface area contributed by atoms with Crippen molar-refractivity contribution in [1.82, 2.24) is 19.6 Å². The van der Waals surface area contributed by atoms with Crippen LogP contribution in [-0.2, 0) is 0 Å². The van der Waals surface area contributed by atoms with Crippen molar-refractivity contribution in [2.45, 2.75) is 0 Å². The average Bonchev–Trinajstić information content (AvgIpc) is 3.12. The molecule has 0 radical (unpaired) electrons. The molecule has 2 aromatic heterocycles. The molecule has 0 fully saturated rings. The zero-order chi connectivity index (χ0) is 18.1. The first-order valence-electron chi connectivity index (χ1n) is 7.90. The predicted octanol–water partition coefficient (Wildman–Crippen LogP) is 3.61. The summed E-state index contributed by atoms with van der Waals surface area (Å²) in [7, 11) is 3.08. The molecule has 4 rings (SSSR count). The van der Waals surface area contributed by atoms with E-state index in [-0.39, 0.29) is 0 Å². The van der Waals surface area contributed by atoms with Crippen LogP contribution in [0, 0.1) is 5.82 Å². The first-order valence-corrected chi connectivity index (χ1v) is 7.90. The zero-order valence-electron chi connectivity index (χ0n) is 14.2. The molecule has 0 amide bonds. The summed E-state index contributed by atoms with van der Waals surface area (Å²) in [6.07, 6.45) is 1.58. The summed E-state index contributed by atoms with van der Waals surface area (Å²) < 4.78 is 26.5. The summed E-state index contributed by atoms with van der Waals surface area (Å²) in [5, 5.41) is 4.52. The average molecular weight is 350 g/mol. The number of methoxy groups -OCH3 is 2. The maximum absolute atomic E-state index is 14.5. The molecule has 0 aliphatic rings. The maximum Gasteiger partial charge on any atom is 0.253 e. The van der Waals surface area contributed by atoms with Gasteiger partial charge in [0, 0.05) is 17.8 Å². The van der Waals surface area contributed by atoms with E-state index < -0.39 is 5.82 Å². The summed E-state index contributed by atoms with van der Waals surface area (Å²) in [4.78, 5) is 8.69. The maximum atomic E-state index is 14.5. The summed E-state index contributed by atoms with van der Waals surface area (Å²) in [6, 6.07) is 13.8. The first-order chi connectivity index (χ1) is 12.7. The van der Waals surface area contributed by atoms with E-state index in [4.69, 9.17) is 9.47 Å². The molecule has 0 saturated carbocycles. The monoisotopic (exact) mass is 350 g/mol. The smallest absolute Gasteiger partial charge is 0.253 e. The predicted molar refractivity (Wildman–Crippen MR) is 94.7 cm³/mol. The lowest BCUT2D eigenvalue weighted by atomic mass is 10.1. The van der Waals surface area contributed by atoms with E-state index in [1.807, 2.05) is 24.3 Å². The standard InChI is InChI=1S/C19H15FN4O2/c1-25-12-7-8-13(15(20)11-12)16-9-10-21-19-22-18(23-24(16)19)14-5-3-4-6-17(14)26-2/h3-11H,1-2H3. The zero-order valence-corrected chi connectivity index (χ0v) is 14.2. The van der Waals surface area contributed by atoms with Gasteiger partial charge in [-0.1, -0.05) is 12.1 Å². The molecular formula is C19H15FN4O2. The Kier molecular flexibility index (Phi) is 3.96. The lowest BCUT2D eigenvalue weighted by molar-refractivity contribution is 0.411. The van der Waals surface area contributed by atoms with Crippen LogP contribution in [0.4, 0.5) is 4.39 Å². The van der Waals surface area contributed by atoms with Gasteiger partial charge in [-0.2, -0.15) is 9.50 Å². The van der Waals surface area contributed by atoms with E-state index in [2.05, 4.69) is 15.1 Å². The number of benzene rings is 2. The van der Waals surface area contributed by atoms with Crippen molar-refractivity contribution in [2.75, 3.05) is 14.2 Å². The second-order valence-electron chi connectivity index (χ2n) is 5.52. The van der Waals surface area contributed by atoms with E-state index in [0.717, 1.165) is 5.56 Å². The molecule has 4 aromatic rings. The van der Waals surface area contributed by atoms with Gasteiger partial charge in [-0.25, -0.2) is 9.37 Å². The number of hydrogen-bond acceptors (Lipinski definition) is 5. The minimum absolute atomic E-state index is 0.374. The number of aromatic nitrogens is 4. The van der Waals surface area contributed by atoms with Gasteiger partial charge in [-0.05, 0) is 30.3 Å². The normalized spacial score (nSPS) is 10.9. The number of fused-ring (bicyclic) bond motifs is 1. The molecule has 0 spiro atoms. The third-order valence-electron chi connectivity index (χ3n) is 4.04. The molecular weight excluding hydrogens is 335 g/mol. The van der Waals surface area contributed by atoms with Crippen molar-refractivity contribution in [3.8, 4) is 34.1 Å². The van der Waals surface area contributed by atoms with Crippen LogP contribution in [0.5, 0.6) is 11.5 Å². The third-order valence-corrected chi connectivity index (χ3v) is 4.04. The molecule has 0 unspecified atom stereocenters. The second-order valence-corrected chi connectivity index (χ2v) is 5.52. The van der Waals surface area contributed by atoms with Gasteiger partial charge in [0.1, 0.15) is 17.3 Å². The number of nitrogens with zero attached hydrogens (tertiary/aromatic N) is 4. The third kappa shape index (κ3) is 2.63. The molecule has 0 bridgehead atoms. The summed E-state index contributed by atoms with van der Waals surface area (Å²) in [5.41, 5.74) is 1.67. The van der Waals surface area contributed by atoms with Gasteiger partial charge in [0.15, 0.2) is 5.82 Å². The van der Waals surface area contributed by atoms with E-state index in [9.17, 15) is 4.39 Å². The number of rotatable bonds is 4. The van der Waals surface area contributed by atoms with Gasteiger partial charge < -0.3 is 9.47 Å². The van der Waals surface area contributed by atoms with Gasteiger partial charge >= 0.3 is 0 Å². The van der Waals surface area contributed by atoms with Crippen molar-refractivity contribution >= 4 is 5.78 Å². The van der Waals surface area contributed by atoms with Gasteiger partial charge in [0.05, 0.1) is 25.5 Å². The Bertz CT molecular complexity index is 1090. The fourth-order valence-electron chi connectivity index (χ4n) is 2.77. The van der Waals surface area contributed by atoms with Gasteiger partial charge in [0.25, 0.3) is 5.78 Å². The van der Waals surface area contributed by atoms with Crippen LogP contribution >= 0.6 is 0 Å². The summed E-state index contributed by atoms with van der Waals surface area (Å²) >= 11 is 0. The SMILES string of the molecule is COc1ccc(-c2ccnc3nc(-c4ccccc4OC)nn23)c(F)c1. The van der Waals surface area contributed by atoms with E-state index >= 15 is 0 Å².